The highest BCUT2D eigenvalue weighted by molar-refractivity contribution is 5.68. The first kappa shape index (κ1) is 15.9. The number of nitrogens with two attached hydrogens (primary N) is 1. The average Bonchev–Trinajstić information content (AvgIpc) is 2.40. The van der Waals surface area contributed by atoms with Gasteiger partial charge in [-0.05, 0) is 38.5 Å². The molecule has 3 N–H and O–H groups in total. The fourth-order valence-corrected chi connectivity index (χ4v) is 3.07. The van der Waals surface area contributed by atoms with Gasteiger partial charge in [-0.3, -0.25) is 0 Å². The second kappa shape index (κ2) is 7.01. The standard InChI is InChI=1S/C17H27FN2O/c1-11(2)21-17-9-16(15(19)8-14(17)18)20-10-13-6-4-5-12(3)7-13/h8-9,11-13,20H,4-7,10,19H2,1-3H3. The summed E-state index contributed by atoms with van der Waals surface area (Å²) >= 11 is 0. The molecule has 0 bridgehead atoms. The maximum Gasteiger partial charge on any atom is 0.167 e. The molecule has 2 atom stereocenters. The Labute approximate surface area is 127 Å². The normalized spacial score (nSPS) is 22.3. The number of hydrogen-bond acceptors (Lipinski definition) is 3. The Balaban J connectivity index is 2.01. The lowest BCUT2D eigenvalue weighted by molar-refractivity contribution is 0.231. The Morgan fingerprint density at radius 3 is 2.81 bits per heavy atom. The predicted octanol–water partition coefficient (Wildman–Crippen LogP) is 4.43. The van der Waals surface area contributed by atoms with Crippen LogP contribution in [0.3, 0.4) is 0 Å². The molecule has 1 aliphatic carbocycles. The number of ether oxygens (including phenoxy) is 1. The second-order valence-corrected chi connectivity index (χ2v) is 6.56. The van der Waals surface area contributed by atoms with Crippen molar-refractivity contribution in [2.45, 2.75) is 52.6 Å². The monoisotopic (exact) mass is 294 g/mol. The van der Waals surface area contributed by atoms with Crippen LogP contribution in [-0.2, 0) is 0 Å². The lowest BCUT2D eigenvalue weighted by Crippen LogP contribution is -2.21. The van der Waals surface area contributed by atoms with E-state index in [0.29, 0.717) is 11.6 Å². The zero-order valence-electron chi connectivity index (χ0n) is 13.3. The molecular weight excluding hydrogens is 267 g/mol. The molecule has 4 heteroatoms. The zero-order chi connectivity index (χ0) is 15.4. The van der Waals surface area contributed by atoms with E-state index in [0.717, 1.165) is 18.2 Å². The number of benzene rings is 1. The third-order valence-corrected chi connectivity index (χ3v) is 4.09. The first-order valence-electron chi connectivity index (χ1n) is 7.95. The number of anilines is 2. The van der Waals surface area contributed by atoms with Gasteiger partial charge in [-0.15, -0.1) is 0 Å². The second-order valence-electron chi connectivity index (χ2n) is 6.56. The summed E-state index contributed by atoms with van der Waals surface area (Å²) in [6, 6.07) is 3.01. The molecule has 0 spiro atoms. The minimum absolute atomic E-state index is 0.0600. The van der Waals surface area contributed by atoms with Crippen LogP contribution in [0.4, 0.5) is 15.8 Å². The molecule has 0 aliphatic heterocycles. The summed E-state index contributed by atoms with van der Waals surface area (Å²) in [5.41, 5.74) is 7.11. The fraction of sp³-hybridized carbons (Fsp3) is 0.647. The van der Waals surface area contributed by atoms with Crippen molar-refractivity contribution < 1.29 is 9.13 Å². The number of halogens is 1. The van der Waals surface area contributed by atoms with Crippen LogP contribution < -0.4 is 15.8 Å². The first-order chi connectivity index (χ1) is 9.95. The highest BCUT2D eigenvalue weighted by atomic mass is 19.1. The Hall–Kier alpha value is -1.45. The van der Waals surface area contributed by atoms with Gasteiger partial charge in [-0.25, -0.2) is 4.39 Å². The molecule has 2 rings (SSSR count). The molecule has 21 heavy (non-hydrogen) atoms. The minimum Gasteiger partial charge on any atom is -0.488 e. The number of hydrogen-bond donors (Lipinski definition) is 2. The van der Waals surface area contributed by atoms with Crippen molar-refractivity contribution in [2.24, 2.45) is 11.8 Å². The van der Waals surface area contributed by atoms with Crippen molar-refractivity contribution in [1.29, 1.82) is 0 Å². The lowest BCUT2D eigenvalue weighted by atomic mass is 9.82. The molecule has 3 nitrogen and oxygen atoms in total. The van der Waals surface area contributed by atoms with Gasteiger partial charge in [0.2, 0.25) is 0 Å². The summed E-state index contributed by atoms with van der Waals surface area (Å²) < 4.78 is 19.3. The number of nitrogens with one attached hydrogen (secondary N) is 1. The van der Waals surface area contributed by atoms with Gasteiger partial charge in [0.25, 0.3) is 0 Å². The summed E-state index contributed by atoms with van der Waals surface area (Å²) in [7, 11) is 0. The summed E-state index contributed by atoms with van der Waals surface area (Å²) in [5, 5.41) is 3.37. The zero-order valence-corrected chi connectivity index (χ0v) is 13.3. The van der Waals surface area contributed by atoms with E-state index >= 15 is 0 Å². The van der Waals surface area contributed by atoms with E-state index in [1.165, 1.54) is 31.7 Å². The van der Waals surface area contributed by atoms with Crippen LogP contribution in [0, 0.1) is 17.7 Å². The molecule has 0 heterocycles. The smallest absolute Gasteiger partial charge is 0.167 e. The molecule has 1 aromatic carbocycles. The molecule has 0 amide bonds. The van der Waals surface area contributed by atoms with E-state index in [1.54, 1.807) is 6.07 Å². The number of rotatable bonds is 5. The van der Waals surface area contributed by atoms with E-state index in [9.17, 15) is 4.39 Å². The third-order valence-electron chi connectivity index (χ3n) is 4.09. The van der Waals surface area contributed by atoms with Gasteiger partial charge in [-0.2, -0.15) is 0 Å². The van der Waals surface area contributed by atoms with Gasteiger partial charge in [0, 0.05) is 18.7 Å². The summed E-state index contributed by atoms with van der Waals surface area (Å²) in [6.45, 7) is 6.97. The summed E-state index contributed by atoms with van der Waals surface area (Å²) in [5.74, 6) is 1.33. The number of nitrogen functional groups attached to an aromatic ring is 1. The molecule has 0 saturated heterocycles. The first-order valence-corrected chi connectivity index (χ1v) is 7.95. The van der Waals surface area contributed by atoms with Crippen LogP contribution in [0.25, 0.3) is 0 Å². The van der Waals surface area contributed by atoms with E-state index in [1.807, 2.05) is 13.8 Å². The van der Waals surface area contributed by atoms with E-state index < -0.39 is 5.82 Å². The minimum atomic E-state index is -0.405. The van der Waals surface area contributed by atoms with Crippen molar-refractivity contribution in [3.05, 3.63) is 17.9 Å². The van der Waals surface area contributed by atoms with Crippen LogP contribution in [0.1, 0.15) is 46.5 Å². The molecule has 1 saturated carbocycles. The average molecular weight is 294 g/mol. The summed E-state index contributed by atoms with van der Waals surface area (Å²) in [6.07, 6.45) is 5.09. The fourth-order valence-electron chi connectivity index (χ4n) is 3.07. The van der Waals surface area contributed by atoms with Crippen LogP contribution in [0.5, 0.6) is 5.75 Å². The van der Waals surface area contributed by atoms with Crippen LogP contribution in [0.15, 0.2) is 12.1 Å². The van der Waals surface area contributed by atoms with Gasteiger partial charge in [0.1, 0.15) is 0 Å². The largest absolute Gasteiger partial charge is 0.488 e. The van der Waals surface area contributed by atoms with Crippen LogP contribution in [0.2, 0.25) is 0 Å². The topological polar surface area (TPSA) is 47.3 Å². The van der Waals surface area contributed by atoms with Crippen molar-refractivity contribution in [3.63, 3.8) is 0 Å². The Bertz CT molecular complexity index is 476. The van der Waals surface area contributed by atoms with Gasteiger partial charge < -0.3 is 15.8 Å². The molecular formula is C17H27FN2O. The van der Waals surface area contributed by atoms with Gasteiger partial charge >= 0.3 is 0 Å². The van der Waals surface area contributed by atoms with Crippen molar-refractivity contribution in [2.75, 3.05) is 17.6 Å². The molecule has 0 aromatic heterocycles. The summed E-state index contributed by atoms with van der Waals surface area (Å²) in [4.78, 5) is 0. The quantitative estimate of drug-likeness (QED) is 0.790. The van der Waals surface area contributed by atoms with E-state index in [2.05, 4.69) is 12.2 Å². The lowest BCUT2D eigenvalue weighted by Gasteiger charge is -2.27. The van der Waals surface area contributed by atoms with Gasteiger partial charge in [0.05, 0.1) is 17.5 Å². The molecule has 118 valence electrons. The van der Waals surface area contributed by atoms with Crippen molar-refractivity contribution >= 4 is 11.4 Å². The van der Waals surface area contributed by atoms with Crippen LogP contribution in [-0.4, -0.2) is 12.6 Å². The predicted molar refractivity (Wildman–Crippen MR) is 86.2 cm³/mol. The van der Waals surface area contributed by atoms with E-state index in [4.69, 9.17) is 10.5 Å². The Morgan fingerprint density at radius 2 is 2.14 bits per heavy atom. The molecule has 0 radical (unpaired) electrons. The van der Waals surface area contributed by atoms with E-state index in [-0.39, 0.29) is 11.9 Å². The van der Waals surface area contributed by atoms with Gasteiger partial charge in [0.15, 0.2) is 11.6 Å². The molecule has 1 fully saturated rings. The van der Waals surface area contributed by atoms with Crippen molar-refractivity contribution in [3.8, 4) is 5.75 Å². The SMILES string of the molecule is CC1CCCC(CNc2cc(OC(C)C)c(F)cc2N)C1. The molecule has 2 unspecified atom stereocenters. The third kappa shape index (κ3) is 4.51. The maximum absolute atomic E-state index is 13.8. The maximum atomic E-state index is 13.8. The Morgan fingerprint density at radius 1 is 1.38 bits per heavy atom. The highest BCUT2D eigenvalue weighted by Gasteiger charge is 2.19. The highest BCUT2D eigenvalue weighted by Crippen LogP contribution is 2.32. The Kier molecular flexibility index (Phi) is 5.32. The van der Waals surface area contributed by atoms with Crippen molar-refractivity contribution in [1.82, 2.24) is 0 Å². The van der Waals surface area contributed by atoms with Gasteiger partial charge in [-0.1, -0.05) is 19.8 Å². The molecule has 1 aliphatic rings. The molecule has 1 aromatic rings. The van der Waals surface area contributed by atoms with Crippen LogP contribution >= 0.6 is 0 Å².